The van der Waals surface area contributed by atoms with Crippen LogP contribution in [0.4, 0.5) is 5.69 Å². The Bertz CT molecular complexity index is 1200. The predicted molar refractivity (Wildman–Crippen MR) is 119 cm³/mol. The minimum atomic E-state index is 0.0977. The van der Waals surface area contributed by atoms with Gasteiger partial charge in [0.2, 0.25) is 0 Å². The quantitative estimate of drug-likeness (QED) is 0.568. The SMILES string of the molecule is Cc1nn(-c2ccccc2)c(C)c1N1CCN(C(=O)c2c[nH]c3ccccc23)CC1. The lowest BCUT2D eigenvalue weighted by Gasteiger charge is -2.36. The van der Waals surface area contributed by atoms with Crippen molar-refractivity contribution < 1.29 is 4.79 Å². The summed E-state index contributed by atoms with van der Waals surface area (Å²) in [5.41, 5.74) is 6.15. The van der Waals surface area contributed by atoms with Crippen LogP contribution in [0.3, 0.4) is 0 Å². The van der Waals surface area contributed by atoms with Crippen molar-refractivity contribution in [3.8, 4) is 5.69 Å². The molecule has 3 heterocycles. The van der Waals surface area contributed by atoms with Crippen molar-refractivity contribution in [3.63, 3.8) is 0 Å². The zero-order valence-electron chi connectivity index (χ0n) is 17.3. The molecule has 6 heteroatoms. The third-order valence-electron chi connectivity index (χ3n) is 5.96. The smallest absolute Gasteiger partial charge is 0.256 e. The van der Waals surface area contributed by atoms with Crippen LogP contribution in [0.2, 0.25) is 0 Å². The molecule has 0 atom stereocenters. The number of benzene rings is 2. The van der Waals surface area contributed by atoms with Crippen LogP contribution >= 0.6 is 0 Å². The number of nitrogens with one attached hydrogen (secondary N) is 1. The van der Waals surface area contributed by atoms with Crippen LogP contribution in [-0.2, 0) is 0 Å². The summed E-state index contributed by atoms with van der Waals surface area (Å²) in [6.45, 7) is 7.19. The third kappa shape index (κ3) is 3.05. The van der Waals surface area contributed by atoms with Crippen molar-refractivity contribution in [2.24, 2.45) is 0 Å². The Hall–Kier alpha value is -3.54. The monoisotopic (exact) mass is 399 g/mol. The van der Waals surface area contributed by atoms with E-state index in [9.17, 15) is 4.79 Å². The molecule has 0 saturated carbocycles. The fraction of sp³-hybridized carbons (Fsp3) is 0.250. The number of aromatic amines is 1. The molecular weight excluding hydrogens is 374 g/mol. The van der Waals surface area contributed by atoms with Gasteiger partial charge in [0.15, 0.2) is 0 Å². The van der Waals surface area contributed by atoms with E-state index in [-0.39, 0.29) is 5.91 Å². The van der Waals surface area contributed by atoms with Gasteiger partial charge in [0.25, 0.3) is 5.91 Å². The van der Waals surface area contributed by atoms with E-state index in [1.54, 1.807) is 0 Å². The standard InChI is InChI=1S/C24H25N5O/c1-17-23(18(2)29(26-17)19-8-4-3-5-9-19)27-12-14-28(15-13-27)24(30)21-16-25-22-11-7-6-10-20(21)22/h3-11,16,25H,12-15H2,1-2H3. The Morgan fingerprint density at radius 3 is 2.40 bits per heavy atom. The van der Waals surface area contributed by atoms with Gasteiger partial charge in [0.05, 0.1) is 28.3 Å². The van der Waals surface area contributed by atoms with Gasteiger partial charge in [0, 0.05) is 43.3 Å². The first-order valence-electron chi connectivity index (χ1n) is 10.4. The van der Waals surface area contributed by atoms with Crippen LogP contribution in [0.1, 0.15) is 21.7 Å². The van der Waals surface area contributed by atoms with Crippen LogP contribution in [0.15, 0.2) is 60.8 Å². The first-order chi connectivity index (χ1) is 14.6. The molecule has 1 aliphatic rings. The first-order valence-corrected chi connectivity index (χ1v) is 10.4. The third-order valence-corrected chi connectivity index (χ3v) is 5.96. The van der Waals surface area contributed by atoms with Gasteiger partial charge in [-0.05, 0) is 32.0 Å². The highest BCUT2D eigenvalue weighted by Crippen LogP contribution is 2.28. The normalized spacial score (nSPS) is 14.5. The van der Waals surface area contributed by atoms with Crippen LogP contribution in [-0.4, -0.2) is 51.8 Å². The lowest BCUT2D eigenvalue weighted by atomic mass is 10.1. The van der Waals surface area contributed by atoms with E-state index in [1.165, 1.54) is 5.69 Å². The number of aryl methyl sites for hydroxylation is 1. The average Bonchev–Trinajstić information content (AvgIpc) is 3.35. The van der Waals surface area contributed by atoms with Crippen molar-refractivity contribution in [3.05, 3.63) is 77.7 Å². The summed E-state index contributed by atoms with van der Waals surface area (Å²) < 4.78 is 2.01. The number of para-hydroxylation sites is 2. The molecule has 1 amide bonds. The largest absolute Gasteiger partial charge is 0.365 e. The molecular formula is C24H25N5O. The number of aromatic nitrogens is 3. The van der Waals surface area contributed by atoms with Crippen molar-refractivity contribution in [1.29, 1.82) is 0 Å². The van der Waals surface area contributed by atoms with E-state index in [0.717, 1.165) is 46.6 Å². The molecule has 1 fully saturated rings. The topological polar surface area (TPSA) is 57.2 Å². The number of anilines is 1. The zero-order chi connectivity index (χ0) is 20.7. The number of carbonyl (C=O) groups is 1. The van der Waals surface area contributed by atoms with Crippen LogP contribution < -0.4 is 4.90 Å². The summed E-state index contributed by atoms with van der Waals surface area (Å²) >= 11 is 0. The number of hydrogen-bond acceptors (Lipinski definition) is 3. The molecule has 0 aliphatic carbocycles. The van der Waals surface area contributed by atoms with E-state index in [4.69, 9.17) is 5.10 Å². The fourth-order valence-electron chi connectivity index (χ4n) is 4.46. The number of carbonyl (C=O) groups excluding carboxylic acids is 1. The molecule has 0 unspecified atom stereocenters. The maximum atomic E-state index is 13.1. The van der Waals surface area contributed by atoms with Crippen LogP contribution in [0.5, 0.6) is 0 Å². The number of nitrogens with zero attached hydrogens (tertiary/aromatic N) is 4. The number of piperazine rings is 1. The first kappa shape index (κ1) is 18.5. The highest BCUT2D eigenvalue weighted by Gasteiger charge is 2.27. The zero-order valence-corrected chi connectivity index (χ0v) is 17.3. The van der Waals surface area contributed by atoms with Gasteiger partial charge < -0.3 is 14.8 Å². The van der Waals surface area contributed by atoms with Gasteiger partial charge >= 0.3 is 0 Å². The van der Waals surface area contributed by atoms with Crippen LogP contribution in [0, 0.1) is 13.8 Å². The Morgan fingerprint density at radius 1 is 0.933 bits per heavy atom. The van der Waals surface area contributed by atoms with Crippen molar-refractivity contribution in [2.75, 3.05) is 31.1 Å². The maximum absolute atomic E-state index is 13.1. The summed E-state index contributed by atoms with van der Waals surface area (Å²) in [6.07, 6.45) is 1.83. The molecule has 0 bridgehead atoms. The van der Waals surface area contributed by atoms with Crippen molar-refractivity contribution in [2.45, 2.75) is 13.8 Å². The second kappa shape index (κ2) is 7.37. The summed E-state index contributed by atoms with van der Waals surface area (Å²) in [5.74, 6) is 0.0977. The van der Waals surface area contributed by atoms with E-state index in [0.29, 0.717) is 13.1 Å². The Kier molecular flexibility index (Phi) is 4.54. The van der Waals surface area contributed by atoms with Gasteiger partial charge in [0.1, 0.15) is 0 Å². The number of H-pyrrole nitrogens is 1. The lowest BCUT2D eigenvalue weighted by molar-refractivity contribution is 0.0749. The number of hydrogen-bond donors (Lipinski definition) is 1. The van der Waals surface area contributed by atoms with Gasteiger partial charge in [-0.2, -0.15) is 5.10 Å². The molecule has 1 aliphatic heterocycles. The van der Waals surface area contributed by atoms with Gasteiger partial charge in [-0.3, -0.25) is 4.79 Å². The minimum Gasteiger partial charge on any atom is -0.365 e. The molecule has 0 radical (unpaired) electrons. The Balaban J connectivity index is 1.34. The van der Waals surface area contributed by atoms with E-state index in [2.05, 4.69) is 35.9 Å². The average molecular weight is 399 g/mol. The summed E-state index contributed by atoms with van der Waals surface area (Å²) in [6, 6.07) is 18.2. The number of fused-ring (bicyclic) bond motifs is 1. The molecule has 2 aromatic carbocycles. The second-order valence-electron chi connectivity index (χ2n) is 7.79. The maximum Gasteiger partial charge on any atom is 0.256 e. The molecule has 4 aromatic rings. The van der Waals surface area contributed by atoms with E-state index >= 15 is 0 Å². The molecule has 1 saturated heterocycles. The van der Waals surface area contributed by atoms with Crippen molar-refractivity contribution in [1.82, 2.24) is 19.7 Å². The predicted octanol–water partition coefficient (Wildman–Crippen LogP) is 3.93. The summed E-state index contributed by atoms with van der Waals surface area (Å²) in [7, 11) is 0. The van der Waals surface area contributed by atoms with Crippen LogP contribution in [0.25, 0.3) is 16.6 Å². The molecule has 6 nitrogen and oxygen atoms in total. The van der Waals surface area contributed by atoms with Gasteiger partial charge in [-0.1, -0.05) is 36.4 Å². The number of amides is 1. The molecule has 5 rings (SSSR count). The van der Waals surface area contributed by atoms with E-state index < -0.39 is 0 Å². The lowest BCUT2D eigenvalue weighted by Crippen LogP contribution is -2.49. The molecule has 152 valence electrons. The minimum absolute atomic E-state index is 0.0977. The Morgan fingerprint density at radius 2 is 1.63 bits per heavy atom. The number of rotatable bonds is 3. The van der Waals surface area contributed by atoms with Gasteiger partial charge in [-0.15, -0.1) is 0 Å². The second-order valence-corrected chi connectivity index (χ2v) is 7.79. The fourth-order valence-corrected chi connectivity index (χ4v) is 4.46. The molecule has 0 spiro atoms. The highest BCUT2D eigenvalue weighted by molar-refractivity contribution is 6.06. The highest BCUT2D eigenvalue weighted by atomic mass is 16.2. The summed E-state index contributed by atoms with van der Waals surface area (Å²) in [5, 5.41) is 5.76. The molecule has 30 heavy (non-hydrogen) atoms. The van der Waals surface area contributed by atoms with Gasteiger partial charge in [-0.25, -0.2) is 4.68 Å². The van der Waals surface area contributed by atoms with E-state index in [1.807, 2.05) is 58.2 Å². The molecule has 1 N–H and O–H groups in total. The molecule has 2 aromatic heterocycles. The van der Waals surface area contributed by atoms with Crippen molar-refractivity contribution >= 4 is 22.5 Å². The Labute approximate surface area is 175 Å². The summed E-state index contributed by atoms with van der Waals surface area (Å²) in [4.78, 5) is 20.6.